The predicted molar refractivity (Wildman–Crippen MR) is 99.2 cm³/mol. The van der Waals surface area contributed by atoms with Gasteiger partial charge in [-0.1, -0.05) is 32.1 Å². The van der Waals surface area contributed by atoms with Gasteiger partial charge in [-0.15, -0.1) is 5.92 Å². The molecule has 27 heavy (non-hydrogen) atoms. The lowest BCUT2D eigenvalue weighted by molar-refractivity contribution is -0.0865. The van der Waals surface area contributed by atoms with Crippen LogP contribution in [0.3, 0.4) is 0 Å². The van der Waals surface area contributed by atoms with Crippen molar-refractivity contribution in [3.8, 4) is 11.8 Å². The van der Waals surface area contributed by atoms with Crippen LogP contribution in [0.15, 0.2) is 12.2 Å². The first-order valence-corrected chi connectivity index (χ1v) is 9.55. The summed E-state index contributed by atoms with van der Waals surface area (Å²) in [5.41, 5.74) is 0. The summed E-state index contributed by atoms with van der Waals surface area (Å²) in [6.45, 7) is 5.81. The Morgan fingerprint density at radius 3 is 2.41 bits per heavy atom. The first-order chi connectivity index (χ1) is 13.1. The van der Waals surface area contributed by atoms with Crippen molar-refractivity contribution in [3.63, 3.8) is 0 Å². The molecule has 0 aromatic rings. The minimum absolute atomic E-state index is 0.123. The second kappa shape index (κ2) is 13.9. The number of rotatable bonds is 9. The summed E-state index contributed by atoms with van der Waals surface area (Å²) < 4.78 is 25.5. The maximum atomic E-state index is 11.6. The maximum absolute atomic E-state index is 11.6. The average Bonchev–Trinajstić information content (AvgIpc) is 2.64. The molecule has 0 saturated heterocycles. The normalized spacial score (nSPS) is 20.9. The summed E-state index contributed by atoms with van der Waals surface area (Å²) in [5.74, 6) is 6.14. The Hall–Kier alpha value is -2.20. The highest BCUT2D eigenvalue weighted by Crippen LogP contribution is 2.17. The lowest BCUT2D eigenvalue weighted by Crippen LogP contribution is -2.41. The van der Waals surface area contributed by atoms with E-state index < -0.39 is 30.6 Å². The zero-order valence-electron chi connectivity index (χ0n) is 16.4. The van der Waals surface area contributed by atoms with Crippen molar-refractivity contribution in [3.05, 3.63) is 12.2 Å². The van der Waals surface area contributed by atoms with Crippen molar-refractivity contribution in [1.82, 2.24) is 0 Å². The molecule has 1 heterocycles. The molecule has 0 N–H and O–H groups in total. The van der Waals surface area contributed by atoms with Gasteiger partial charge in [0.15, 0.2) is 6.10 Å². The summed E-state index contributed by atoms with van der Waals surface area (Å²) in [4.78, 5) is 23.0. The second-order valence-corrected chi connectivity index (χ2v) is 5.87. The zero-order valence-corrected chi connectivity index (χ0v) is 16.4. The molecule has 1 aliphatic heterocycles. The van der Waals surface area contributed by atoms with Gasteiger partial charge < -0.3 is 23.7 Å². The lowest BCUT2D eigenvalue weighted by atomic mass is 10.1. The molecule has 152 valence electrons. The highest BCUT2D eigenvalue weighted by Gasteiger charge is 2.31. The second-order valence-electron chi connectivity index (χ2n) is 5.87. The Bertz CT molecular complexity index is 532. The molecule has 0 saturated carbocycles. The summed E-state index contributed by atoms with van der Waals surface area (Å²) in [6, 6.07) is 0. The topological polar surface area (TPSA) is 80.3 Å². The summed E-state index contributed by atoms with van der Waals surface area (Å²) in [5, 5.41) is 0. The van der Waals surface area contributed by atoms with Crippen LogP contribution in [0.4, 0.5) is 9.59 Å². The number of ether oxygens (including phenoxy) is 5. The van der Waals surface area contributed by atoms with Gasteiger partial charge >= 0.3 is 12.3 Å². The van der Waals surface area contributed by atoms with Crippen molar-refractivity contribution in [2.24, 2.45) is 0 Å². The van der Waals surface area contributed by atoms with Crippen LogP contribution in [0, 0.1) is 11.8 Å². The molecule has 7 heteroatoms. The number of hydrogen-bond acceptors (Lipinski definition) is 7. The van der Waals surface area contributed by atoms with E-state index in [1.807, 2.05) is 0 Å². The molecule has 0 spiro atoms. The van der Waals surface area contributed by atoms with Gasteiger partial charge in [0.25, 0.3) is 0 Å². The fraction of sp³-hybridized carbons (Fsp3) is 0.700. The van der Waals surface area contributed by atoms with Gasteiger partial charge in [-0.2, -0.15) is 0 Å². The molecule has 0 aromatic carbocycles. The van der Waals surface area contributed by atoms with Gasteiger partial charge in [0.1, 0.15) is 18.8 Å². The van der Waals surface area contributed by atoms with Crippen LogP contribution in [0.2, 0.25) is 0 Å². The molecule has 0 fully saturated rings. The Balaban J connectivity index is 2.62. The standard InChI is InChI=1S/C20H30O7/c1-4-7-8-9-10-11-12-16-13-14-17(27-20(22)24-6-3)18(26-16)15-25-19(21)23-5-2/h13-14,16-18H,4-10,15H2,1-3H3. The molecule has 0 radical (unpaired) electrons. The molecule has 3 atom stereocenters. The highest BCUT2D eigenvalue weighted by atomic mass is 16.7. The van der Waals surface area contributed by atoms with E-state index in [-0.39, 0.29) is 19.8 Å². The Kier molecular flexibility index (Phi) is 11.8. The van der Waals surface area contributed by atoms with Crippen molar-refractivity contribution < 1.29 is 33.3 Å². The third-order valence-corrected chi connectivity index (χ3v) is 3.69. The van der Waals surface area contributed by atoms with Gasteiger partial charge in [0.05, 0.1) is 13.2 Å². The van der Waals surface area contributed by atoms with Crippen LogP contribution in [0.5, 0.6) is 0 Å². The quantitative estimate of drug-likeness (QED) is 0.258. The van der Waals surface area contributed by atoms with Crippen molar-refractivity contribution >= 4 is 12.3 Å². The molecule has 1 aliphatic rings. The van der Waals surface area contributed by atoms with Crippen molar-refractivity contribution in [2.45, 2.75) is 71.2 Å². The van der Waals surface area contributed by atoms with Crippen molar-refractivity contribution in [2.75, 3.05) is 19.8 Å². The largest absolute Gasteiger partial charge is 0.508 e. The summed E-state index contributed by atoms with van der Waals surface area (Å²) in [6.07, 6.45) is 5.34. The minimum atomic E-state index is -0.808. The molecule has 3 unspecified atom stereocenters. The van der Waals surface area contributed by atoms with E-state index in [4.69, 9.17) is 23.7 Å². The van der Waals surface area contributed by atoms with E-state index in [1.54, 1.807) is 26.0 Å². The van der Waals surface area contributed by atoms with Gasteiger partial charge in [0.2, 0.25) is 0 Å². The molecule has 0 amide bonds. The van der Waals surface area contributed by atoms with Crippen LogP contribution in [0.25, 0.3) is 0 Å². The average molecular weight is 382 g/mol. The minimum Gasteiger partial charge on any atom is -0.435 e. The molecule has 0 aliphatic carbocycles. The molecule has 0 aromatic heterocycles. The summed E-state index contributed by atoms with van der Waals surface area (Å²) >= 11 is 0. The first-order valence-electron chi connectivity index (χ1n) is 9.55. The first kappa shape index (κ1) is 22.8. The van der Waals surface area contributed by atoms with Crippen LogP contribution < -0.4 is 0 Å². The van der Waals surface area contributed by atoms with E-state index in [1.165, 1.54) is 12.8 Å². The number of carbonyl (C=O) groups excluding carboxylic acids is 2. The fourth-order valence-electron chi connectivity index (χ4n) is 2.36. The van der Waals surface area contributed by atoms with Crippen LogP contribution >= 0.6 is 0 Å². The maximum Gasteiger partial charge on any atom is 0.508 e. The molecular weight excluding hydrogens is 352 g/mol. The van der Waals surface area contributed by atoms with Crippen LogP contribution in [0.1, 0.15) is 52.9 Å². The Morgan fingerprint density at radius 2 is 1.70 bits per heavy atom. The predicted octanol–water partition coefficient (Wildman–Crippen LogP) is 4.00. The van der Waals surface area contributed by atoms with Crippen LogP contribution in [-0.4, -0.2) is 50.4 Å². The zero-order chi connectivity index (χ0) is 19.9. The fourth-order valence-corrected chi connectivity index (χ4v) is 2.36. The highest BCUT2D eigenvalue weighted by molar-refractivity contribution is 5.61. The van der Waals surface area contributed by atoms with E-state index >= 15 is 0 Å². The van der Waals surface area contributed by atoms with Gasteiger partial charge in [0, 0.05) is 6.42 Å². The SMILES string of the molecule is CCCCCCC#CC1C=CC(OC(=O)OCC)C(COC(=O)OCC)O1. The van der Waals surface area contributed by atoms with Crippen LogP contribution in [-0.2, 0) is 23.7 Å². The van der Waals surface area contributed by atoms with Gasteiger partial charge in [-0.05, 0) is 32.4 Å². The number of unbranched alkanes of at least 4 members (excludes halogenated alkanes) is 4. The third kappa shape index (κ3) is 9.90. The van der Waals surface area contributed by atoms with E-state index in [9.17, 15) is 9.59 Å². The van der Waals surface area contributed by atoms with Gasteiger partial charge in [-0.25, -0.2) is 9.59 Å². The Labute approximate surface area is 161 Å². The monoisotopic (exact) mass is 382 g/mol. The Morgan fingerprint density at radius 1 is 0.963 bits per heavy atom. The lowest BCUT2D eigenvalue weighted by Gasteiger charge is -2.29. The number of hydrogen-bond donors (Lipinski definition) is 0. The van der Waals surface area contributed by atoms with E-state index in [0.717, 1.165) is 19.3 Å². The van der Waals surface area contributed by atoms with Crippen molar-refractivity contribution in [1.29, 1.82) is 0 Å². The third-order valence-electron chi connectivity index (χ3n) is 3.69. The molecule has 0 bridgehead atoms. The van der Waals surface area contributed by atoms with Gasteiger partial charge in [-0.3, -0.25) is 0 Å². The summed E-state index contributed by atoms with van der Waals surface area (Å²) in [7, 11) is 0. The smallest absolute Gasteiger partial charge is 0.435 e. The molecule has 7 nitrogen and oxygen atoms in total. The van der Waals surface area contributed by atoms with E-state index in [2.05, 4.69) is 18.8 Å². The number of carbonyl (C=O) groups is 2. The molecular formula is C20H30O7. The molecule has 1 rings (SSSR count). The van der Waals surface area contributed by atoms with E-state index in [0.29, 0.717) is 0 Å².